The van der Waals surface area contributed by atoms with E-state index in [1.165, 1.54) is 0 Å². The maximum atomic E-state index is 13.1. The van der Waals surface area contributed by atoms with Crippen molar-refractivity contribution in [2.45, 2.75) is 31.5 Å². The number of anilines is 1. The Kier molecular flexibility index (Phi) is 4.10. The van der Waals surface area contributed by atoms with E-state index >= 15 is 0 Å². The van der Waals surface area contributed by atoms with Gasteiger partial charge in [-0.2, -0.15) is 0 Å². The van der Waals surface area contributed by atoms with E-state index in [0.717, 1.165) is 10.9 Å². The smallest absolute Gasteiger partial charge is 0.240 e. The van der Waals surface area contributed by atoms with E-state index in [9.17, 15) is 9.59 Å². The summed E-state index contributed by atoms with van der Waals surface area (Å²) in [5.41, 5.74) is 0.434. The number of carbonyl (C=O) groups is 2. The number of hydrogen-bond acceptors (Lipinski definition) is 5. The third kappa shape index (κ3) is 2.86. The number of likely N-dealkylation sites (tertiary alicyclic amines) is 1. The van der Waals surface area contributed by atoms with Gasteiger partial charge in [-0.05, 0) is 25.0 Å². The van der Waals surface area contributed by atoms with Gasteiger partial charge in [0, 0.05) is 37.5 Å². The van der Waals surface area contributed by atoms with Crippen LogP contribution in [0.4, 0.5) is 5.69 Å². The average Bonchev–Trinajstić information content (AvgIpc) is 3.43. The van der Waals surface area contributed by atoms with E-state index in [1.54, 1.807) is 11.1 Å². The summed E-state index contributed by atoms with van der Waals surface area (Å²) in [6.07, 6.45) is 4.19. The first-order chi connectivity index (χ1) is 13.6. The van der Waals surface area contributed by atoms with Gasteiger partial charge in [0.1, 0.15) is 5.41 Å². The Bertz CT molecular complexity index is 919. The number of benzene rings is 1. The van der Waals surface area contributed by atoms with Gasteiger partial charge in [-0.15, -0.1) is 0 Å². The Morgan fingerprint density at radius 3 is 2.43 bits per heavy atom. The van der Waals surface area contributed by atoms with Crippen molar-refractivity contribution in [3.8, 4) is 0 Å². The number of aromatic nitrogens is 1. The Morgan fingerprint density at radius 2 is 1.71 bits per heavy atom. The van der Waals surface area contributed by atoms with E-state index in [4.69, 9.17) is 9.47 Å². The molecule has 1 aromatic carbocycles. The number of carbonyl (C=O) groups excluding carboxylic acids is 2. The van der Waals surface area contributed by atoms with Gasteiger partial charge in [0.15, 0.2) is 5.79 Å². The molecule has 7 nitrogen and oxygen atoms in total. The van der Waals surface area contributed by atoms with E-state index in [1.807, 2.05) is 30.3 Å². The SMILES string of the molecule is O=C(Nc1cccc2cccnc12)C1(C(=O)N2CCC3(CC2)OCCO3)CC1. The second-order valence-electron chi connectivity index (χ2n) is 7.82. The molecule has 3 aliphatic rings. The maximum Gasteiger partial charge on any atom is 0.240 e. The first-order valence-corrected chi connectivity index (χ1v) is 9.85. The Balaban J connectivity index is 1.30. The monoisotopic (exact) mass is 381 g/mol. The van der Waals surface area contributed by atoms with Crippen molar-refractivity contribution >= 4 is 28.4 Å². The standard InChI is InChI=1S/C21H23N3O4/c25-18(23-16-5-1-3-15-4-2-10-22-17(15)16)20(6-7-20)19(26)24-11-8-21(9-12-24)27-13-14-28-21/h1-5,10H,6-9,11-14H2,(H,23,25). The molecule has 28 heavy (non-hydrogen) atoms. The van der Waals surface area contributed by atoms with Crippen molar-refractivity contribution in [2.24, 2.45) is 5.41 Å². The number of piperidine rings is 1. The molecule has 1 aliphatic carbocycles. The molecule has 3 fully saturated rings. The molecule has 1 aromatic heterocycles. The zero-order valence-corrected chi connectivity index (χ0v) is 15.6. The van der Waals surface area contributed by atoms with Crippen molar-refractivity contribution in [3.63, 3.8) is 0 Å². The van der Waals surface area contributed by atoms with Gasteiger partial charge in [-0.25, -0.2) is 0 Å². The Hall–Kier alpha value is -2.51. The highest BCUT2D eigenvalue weighted by atomic mass is 16.7. The predicted molar refractivity (Wildman–Crippen MR) is 102 cm³/mol. The Morgan fingerprint density at radius 1 is 1.00 bits per heavy atom. The molecule has 0 radical (unpaired) electrons. The molecule has 1 N–H and O–H groups in total. The molecule has 2 aromatic rings. The number of nitrogens with zero attached hydrogens (tertiary/aromatic N) is 2. The van der Waals surface area contributed by atoms with Crippen LogP contribution in [0.5, 0.6) is 0 Å². The lowest BCUT2D eigenvalue weighted by molar-refractivity contribution is -0.188. The summed E-state index contributed by atoms with van der Waals surface area (Å²) in [5.74, 6) is -0.833. The summed E-state index contributed by atoms with van der Waals surface area (Å²) in [7, 11) is 0. The van der Waals surface area contributed by atoms with Crippen molar-refractivity contribution in [3.05, 3.63) is 36.5 Å². The number of amides is 2. The van der Waals surface area contributed by atoms with Crippen LogP contribution in [-0.2, 0) is 19.1 Å². The summed E-state index contributed by atoms with van der Waals surface area (Å²) in [6.45, 7) is 2.34. The summed E-state index contributed by atoms with van der Waals surface area (Å²) in [6, 6.07) is 9.47. The first-order valence-electron chi connectivity index (χ1n) is 9.85. The summed E-state index contributed by atoms with van der Waals surface area (Å²) >= 11 is 0. The lowest BCUT2D eigenvalue weighted by atomic mass is 9.98. The van der Waals surface area contributed by atoms with Gasteiger partial charge in [0.25, 0.3) is 0 Å². The number of pyridine rings is 1. The van der Waals surface area contributed by atoms with Crippen molar-refractivity contribution in [1.29, 1.82) is 0 Å². The van der Waals surface area contributed by atoms with Crippen LogP contribution in [0, 0.1) is 5.41 Å². The fraction of sp³-hybridized carbons (Fsp3) is 0.476. The lowest BCUT2D eigenvalue weighted by Crippen LogP contribution is -2.51. The molecular formula is C21H23N3O4. The molecular weight excluding hydrogens is 358 g/mol. The lowest BCUT2D eigenvalue weighted by Gasteiger charge is -2.38. The molecule has 2 amide bonds. The molecule has 1 saturated carbocycles. The van der Waals surface area contributed by atoms with Gasteiger partial charge in [-0.1, -0.05) is 18.2 Å². The molecule has 3 heterocycles. The minimum absolute atomic E-state index is 0.0777. The fourth-order valence-electron chi connectivity index (χ4n) is 4.25. The summed E-state index contributed by atoms with van der Waals surface area (Å²) in [5, 5.41) is 3.91. The molecule has 0 bridgehead atoms. The molecule has 0 atom stereocenters. The zero-order chi connectivity index (χ0) is 19.2. The molecule has 0 unspecified atom stereocenters. The van der Waals surface area contributed by atoms with Crippen LogP contribution in [0.1, 0.15) is 25.7 Å². The number of nitrogens with one attached hydrogen (secondary N) is 1. The topological polar surface area (TPSA) is 80.8 Å². The second-order valence-corrected chi connectivity index (χ2v) is 7.82. The molecule has 2 aliphatic heterocycles. The van der Waals surface area contributed by atoms with Crippen LogP contribution >= 0.6 is 0 Å². The van der Waals surface area contributed by atoms with Crippen LogP contribution in [-0.4, -0.2) is 53.8 Å². The van der Waals surface area contributed by atoms with E-state index in [-0.39, 0.29) is 11.8 Å². The highest BCUT2D eigenvalue weighted by Gasteiger charge is 2.58. The van der Waals surface area contributed by atoms with Crippen molar-refractivity contribution in [1.82, 2.24) is 9.88 Å². The quantitative estimate of drug-likeness (QED) is 0.826. The third-order valence-electron chi connectivity index (χ3n) is 6.10. The van der Waals surface area contributed by atoms with Crippen molar-refractivity contribution < 1.29 is 19.1 Å². The van der Waals surface area contributed by atoms with Crippen LogP contribution in [0.15, 0.2) is 36.5 Å². The van der Waals surface area contributed by atoms with E-state index in [0.29, 0.717) is 57.7 Å². The maximum absolute atomic E-state index is 13.1. The number of rotatable bonds is 3. The minimum Gasteiger partial charge on any atom is -0.347 e. The van der Waals surface area contributed by atoms with Gasteiger partial charge in [0.2, 0.25) is 11.8 Å². The van der Waals surface area contributed by atoms with Gasteiger partial charge in [0.05, 0.1) is 24.4 Å². The second kappa shape index (κ2) is 6.53. The number of fused-ring (bicyclic) bond motifs is 1. The van der Waals surface area contributed by atoms with E-state index < -0.39 is 11.2 Å². The summed E-state index contributed by atoms with van der Waals surface area (Å²) in [4.78, 5) is 32.4. The number of para-hydroxylation sites is 1. The zero-order valence-electron chi connectivity index (χ0n) is 15.6. The largest absolute Gasteiger partial charge is 0.347 e. The van der Waals surface area contributed by atoms with Crippen LogP contribution in [0.3, 0.4) is 0 Å². The molecule has 2 saturated heterocycles. The van der Waals surface area contributed by atoms with Gasteiger partial charge < -0.3 is 19.7 Å². The molecule has 5 rings (SSSR count). The van der Waals surface area contributed by atoms with E-state index in [2.05, 4.69) is 10.3 Å². The highest BCUT2D eigenvalue weighted by Crippen LogP contribution is 2.49. The fourth-order valence-corrected chi connectivity index (χ4v) is 4.25. The Labute approximate surface area is 163 Å². The minimum atomic E-state index is -0.946. The van der Waals surface area contributed by atoms with Gasteiger partial charge >= 0.3 is 0 Å². The highest BCUT2D eigenvalue weighted by molar-refractivity contribution is 6.14. The van der Waals surface area contributed by atoms with Crippen LogP contribution in [0.2, 0.25) is 0 Å². The van der Waals surface area contributed by atoms with Crippen LogP contribution in [0.25, 0.3) is 10.9 Å². The number of ether oxygens (including phenoxy) is 2. The molecule has 146 valence electrons. The normalized spacial score (nSPS) is 22.4. The predicted octanol–water partition coefficient (Wildman–Crippen LogP) is 2.32. The third-order valence-corrected chi connectivity index (χ3v) is 6.10. The molecule has 7 heteroatoms. The number of hydrogen-bond donors (Lipinski definition) is 1. The molecule has 1 spiro atoms. The van der Waals surface area contributed by atoms with Crippen molar-refractivity contribution in [2.75, 3.05) is 31.6 Å². The van der Waals surface area contributed by atoms with Gasteiger partial charge in [-0.3, -0.25) is 14.6 Å². The van der Waals surface area contributed by atoms with Crippen LogP contribution < -0.4 is 5.32 Å². The average molecular weight is 381 g/mol. The summed E-state index contributed by atoms with van der Waals surface area (Å²) < 4.78 is 11.5. The first kappa shape index (κ1) is 17.6.